The zero-order valence-electron chi connectivity index (χ0n) is 17.4. The minimum atomic E-state index is -3.76. The van der Waals surface area contributed by atoms with Crippen LogP contribution in [0.1, 0.15) is 12.0 Å². The molecule has 32 heavy (non-hydrogen) atoms. The van der Waals surface area contributed by atoms with E-state index in [0.717, 1.165) is 11.8 Å². The molecule has 0 unspecified atom stereocenters. The van der Waals surface area contributed by atoms with Crippen LogP contribution in [0.2, 0.25) is 0 Å². The molecule has 0 fully saturated rings. The number of benzene rings is 2. The van der Waals surface area contributed by atoms with E-state index >= 15 is 0 Å². The Balaban J connectivity index is 1.80. The van der Waals surface area contributed by atoms with Gasteiger partial charge in [0.25, 0.3) is 5.56 Å². The number of hydrogen-bond acceptors (Lipinski definition) is 7. The number of nitrogens with zero attached hydrogens (tertiary/aromatic N) is 2. The van der Waals surface area contributed by atoms with Crippen LogP contribution in [0, 0.1) is 0 Å². The summed E-state index contributed by atoms with van der Waals surface area (Å²) in [5, 5.41) is 6.20. The van der Waals surface area contributed by atoms with Gasteiger partial charge in [-0.3, -0.25) is 9.36 Å². The fourth-order valence-electron chi connectivity index (χ4n) is 3.03. The molecule has 0 saturated carbocycles. The van der Waals surface area contributed by atoms with Gasteiger partial charge in [0.05, 0.1) is 22.1 Å². The molecule has 3 N–H and O–H groups in total. The number of primary sulfonamides is 1. The molecule has 12 heteroatoms. The van der Waals surface area contributed by atoms with Crippen LogP contribution in [0.15, 0.2) is 63.4 Å². The van der Waals surface area contributed by atoms with Crippen molar-refractivity contribution < 1.29 is 16.8 Å². The van der Waals surface area contributed by atoms with E-state index in [4.69, 9.17) is 5.14 Å². The highest BCUT2D eigenvalue weighted by Crippen LogP contribution is 2.19. The van der Waals surface area contributed by atoms with Crippen LogP contribution in [0.25, 0.3) is 10.9 Å². The largest absolute Gasteiger partial charge is 0.287 e. The van der Waals surface area contributed by atoms with Crippen molar-refractivity contribution in [2.75, 3.05) is 18.6 Å². The molecule has 3 rings (SSSR count). The lowest BCUT2D eigenvalue weighted by Crippen LogP contribution is -2.25. The van der Waals surface area contributed by atoms with Crippen molar-refractivity contribution >= 4 is 42.7 Å². The fraction of sp³-hybridized carbons (Fsp3) is 0.300. The first-order valence-electron chi connectivity index (χ1n) is 9.73. The summed E-state index contributed by atoms with van der Waals surface area (Å²) in [5.74, 6) is 0.580. The summed E-state index contributed by atoms with van der Waals surface area (Å²) >= 11 is 1.39. The average Bonchev–Trinajstić information content (AvgIpc) is 2.72. The molecule has 1 aromatic heterocycles. The van der Waals surface area contributed by atoms with Gasteiger partial charge in [-0.15, -0.1) is 0 Å². The predicted octanol–water partition coefficient (Wildman–Crippen LogP) is 1.32. The van der Waals surface area contributed by atoms with Crippen molar-refractivity contribution in [1.29, 1.82) is 0 Å². The maximum atomic E-state index is 13.1. The van der Waals surface area contributed by atoms with Gasteiger partial charge in [0.1, 0.15) is 0 Å². The summed E-state index contributed by atoms with van der Waals surface area (Å²) < 4.78 is 49.3. The molecule has 9 nitrogen and oxygen atoms in total. The molecule has 0 aliphatic carbocycles. The van der Waals surface area contributed by atoms with E-state index in [0.29, 0.717) is 47.7 Å². The number of nitrogens with two attached hydrogens (primary N) is 1. The van der Waals surface area contributed by atoms with Gasteiger partial charge >= 0.3 is 0 Å². The van der Waals surface area contributed by atoms with E-state index in [-0.39, 0.29) is 10.5 Å². The molecular weight excluding hydrogens is 472 g/mol. The molecule has 0 aliphatic rings. The van der Waals surface area contributed by atoms with Gasteiger partial charge in [-0.25, -0.2) is 31.7 Å². The maximum absolute atomic E-state index is 13.1. The van der Waals surface area contributed by atoms with Gasteiger partial charge < -0.3 is 0 Å². The van der Waals surface area contributed by atoms with Crippen LogP contribution in [0.5, 0.6) is 0 Å². The van der Waals surface area contributed by atoms with Crippen LogP contribution in [0.4, 0.5) is 0 Å². The van der Waals surface area contributed by atoms with Gasteiger partial charge in [0.15, 0.2) is 5.16 Å². The lowest BCUT2D eigenvalue weighted by molar-refractivity contribution is 0.586. The second kappa shape index (κ2) is 10.1. The third-order valence-electron chi connectivity index (χ3n) is 4.62. The molecule has 3 aromatic rings. The number of aryl methyl sites for hydroxylation is 1. The van der Waals surface area contributed by atoms with Crippen molar-refractivity contribution in [2.45, 2.75) is 29.4 Å². The molecule has 0 spiro atoms. The molecular formula is C20H24N4O5S3. The van der Waals surface area contributed by atoms with Crippen LogP contribution in [0.3, 0.4) is 0 Å². The Bertz CT molecular complexity index is 1370. The van der Waals surface area contributed by atoms with E-state index in [1.54, 1.807) is 34.9 Å². The second-order valence-electron chi connectivity index (χ2n) is 7.18. The highest BCUT2D eigenvalue weighted by molar-refractivity contribution is 7.99. The van der Waals surface area contributed by atoms with Crippen LogP contribution in [-0.2, 0) is 33.0 Å². The fourth-order valence-corrected chi connectivity index (χ4v) is 5.03. The van der Waals surface area contributed by atoms with Crippen LogP contribution >= 0.6 is 11.8 Å². The van der Waals surface area contributed by atoms with Crippen molar-refractivity contribution in [1.82, 2.24) is 14.3 Å². The minimum Gasteiger partial charge on any atom is -0.287 e. The number of para-hydroxylation sites is 1. The first kappa shape index (κ1) is 24.4. The molecule has 1 heterocycles. The van der Waals surface area contributed by atoms with E-state index in [2.05, 4.69) is 9.71 Å². The highest BCUT2D eigenvalue weighted by atomic mass is 32.2. The third-order valence-corrected chi connectivity index (χ3v) is 7.34. The van der Waals surface area contributed by atoms with E-state index in [1.807, 2.05) is 6.07 Å². The summed E-state index contributed by atoms with van der Waals surface area (Å²) in [6.07, 6.45) is 2.18. The molecule has 0 aliphatic heterocycles. The Labute approximate surface area is 191 Å². The lowest BCUT2D eigenvalue weighted by atomic mass is 10.1. The number of hydrogen-bond donors (Lipinski definition) is 2. The van der Waals surface area contributed by atoms with Gasteiger partial charge in [-0.05, 0) is 42.7 Å². The van der Waals surface area contributed by atoms with Gasteiger partial charge in [-0.1, -0.05) is 36.0 Å². The van der Waals surface area contributed by atoms with Crippen LogP contribution < -0.4 is 15.4 Å². The number of rotatable bonds is 10. The highest BCUT2D eigenvalue weighted by Gasteiger charge is 2.12. The molecule has 0 radical (unpaired) electrons. The molecule has 0 bridgehead atoms. The van der Waals surface area contributed by atoms with E-state index in [1.165, 1.54) is 23.9 Å². The molecule has 0 amide bonds. The Kier molecular flexibility index (Phi) is 7.72. The normalized spacial score (nSPS) is 12.3. The molecule has 172 valence electrons. The lowest BCUT2D eigenvalue weighted by Gasteiger charge is -2.13. The Morgan fingerprint density at radius 3 is 2.41 bits per heavy atom. The average molecular weight is 497 g/mol. The second-order valence-corrected chi connectivity index (χ2v) is 11.6. The van der Waals surface area contributed by atoms with Crippen LogP contribution in [-0.4, -0.2) is 44.9 Å². The number of nitrogens with one attached hydrogen (secondary N) is 1. The van der Waals surface area contributed by atoms with Crippen molar-refractivity contribution in [3.63, 3.8) is 0 Å². The number of thioether (sulfide) groups is 1. The molecule has 0 atom stereocenters. The summed E-state index contributed by atoms with van der Waals surface area (Å²) in [6.45, 7) is 0.662. The summed E-state index contributed by atoms with van der Waals surface area (Å²) in [6, 6.07) is 13.3. The number of fused-ring (bicyclic) bond motifs is 1. The maximum Gasteiger partial charge on any atom is 0.262 e. The topological polar surface area (TPSA) is 141 Å². The minimum absolute atomic E-state index is 0.0322. The van der Waals surface area contributed by atoms with Crippen molar-refractivity contribution in [2.24, 2.45) is 5.14 Å². The molecule has 2 aromatic carbocycles. The molecule has 0 saturated heterocycles. The zero-order valence-corrected chi connectivity index (χ0v) is 19.8. The van der Waals surface area contributed by atoms with Gasteiger partial charge in [-0.2, -0.15) is 0 Å². The Morgan fingerprint density at radius 2 is 1.75 bits per heavy atom. The Morgan fingerprint density at radius 1 is 1.06 bits per heavy atom. The summed E-state index contributed by atoms with van der Waals surface area (Å²) in [4.78, 5) is 17.8. The monoisotopic (exact) mass is 496 g/mol. The quantitative estimate of drug-likeness (QED) is 0.245. The SMILES string of the molecule is CS(=O)(=O)NCCCSc1nc2ccccc2c(=O)n1CCc1ccc(S(N)(=O)=O)cc1. The van der Waals surface area contributed by atoms with E-state index < -0.39 is 20.0 Å². The van der Waals surface area contributed by atoms with E-state index in [9.17, 15) is 21.6 Å². The summed E-state index contributed by atoms with van der Waals surface area (Å²) in [7, 11) is -7.00. The zero-order chi connectivity index (χ0) is 23.4. The Hall–Kier alpha value is -2.25. The number of aromatic nitrogens is 2. The van der Waals surface area contributed by atoms with Crippen molar-refractivity contribution in [3.05, 3.63) is 64.4 Å². The summed E-state index contributed by atoms with van der Waals surface area (Å²) in [5.41, 5.74) is 1.29. The smallest absolute Gasteiger partial charge is 0.262 e. The predicted molar refractivity (Wildman–Crippen MR) is 126 cm³/mol. The van der Waals surface area contributed by atoms with Crippen molar-refractivity contribution in [3.8, 4) is 0 Å². The number of sulfonamides is 2. The van der Waals surface area contributed by atoms with Gasteiger partial charge in [0, 0.05) is 18.8 Å². The third kappa shape index (κ3) is 6.62. The standard InChI is InChI=1S/C20H24N4O5S3/c1-31(26,27)22-12-4-14-30-20-23-18-6-3-2-5-17(18)19(25)24(20)13-11-15-7-9-16(10-8-15)32(21,28)29/h2-3,5-10,22H,4,11-14H2,1H3,(H2,21,28,29). The van der Waals surface area contributed by atoms with Gasteiger partial charge in [0.2, 0.25) is 20.0 Å². The first-order valence-corrected chi connectivity index (χ1v) is 14.2. The first-order chi connectivity index (χ1) is 15.0.